The number of carbonyl (C=O) groups excluding carboxylic acids is 1. The minimum absolute atomic E-state index is 0.203. The van der Waals surface area contributed by atoms with Gasteiger partial charge in [0.15, 0.2) is 0 Å². The molecule has 0 saturated heterocycles. The number of anilines is 2. The number of carbonyl (C=O) groups is 1. The number of nitrogens with one attached hydrogen (secondary N) is 1. The highest BCUT2D eigenvalue weighted by atomic mass is 35.5. The molecule has 2 aromatic rings. The van der Waals surface area contributed by atoms with Gasteiger partial charge >= 0.3 is 0 Å². The van der Waals surface area contributed by atoms with Gasteiger partial charge in [-0.05, 0) is 49.2 Å². The molecule has 0 aliphatic heterocycles. The van der Waals surface area contributed by atoms with Gasteiger partial charge in [0.1, 0.15) is 11.0 Å². The minimum Gasteiger partial charge on any atom is -0.363 e. The Morgan fingerprint density at radius 1 is 1.14 bits per heavy atom. The first-order valence-electron chi connectivity index (χ1n) is 6.60. The number of hydrogen-bond acceptors (Lipinski definition) is 3. The molecule has 0 aliphatic carbocycles. The highest BCUT2D eigenvalue weighted by Gasteiger charge is 2.11. The summed E-state index contributed by atoms with van der Waals surface area (Å²) < 4.78 is 0. The van der Waals surface area contributed by atoms with Gasteiger partial charge in [0.05, 0.1) is 0 Å². The minimum atomic E-state index is -0.203. The van der Waals surface area contributed by atoms with E-state index in [1.54, 1.807) is 17.0 Å². The summed E-state index contributed by atoms with van der Waals surface area (Å²) in [6.07, 6.45) is 0. The third kappa shape index (κ3) is 3.73. The van der Waals surface area contributed by atoms with E-state index in [2.05, 4.69) is 10.3 Å². The quantitative estimate of drug-likeness (QED) is 0.880. The maximum Gasteiger partial charge on any atom is 0.255 e. The molecule has 2 rings (SSSR count). The van der Waals surface area contributed by atoms with Crippen LogP contribution in [0.3, 0.4) is 0 Å². The monoisotopic (exact) mass is 303 g/mol. The second-order valence-electron chi connectivity index (χ2n) is 5.18. The summed E-state index contributed by atoms with van der Waals surface area (Å²) in [5.41, 5.74) is 3.57. The second-order valence-corrected chi connectivity index (χ2v) is 5.57. The maximum atomic E-state index is 12.3. The Kier molecular flexibility index (Phi) is 4.48. The van der Waals surface area contributed by atoms with Crippen molar-refractivity contribution in [1.82, 2.24) is 4.98 Å². The molecule has 1 aromatic heterocycles. The molecule has 1 aromatic carbocycles. The van der Waals surface area contributed by atoms with Crippen LogP contribution in [-0.4, -0.2) is 25.0 Å². The van der Waals surface area contributed by atoms with Gasteiger partial charge in [-0.1, -0.05) is 17.7 Å². The summed E-state index contributed by atoms with van der Waals surface area (Å²) >= 11 is 5.97. The average Bonchev–Trinajstić information content (AvgIpc) is 2.42. The lowest BCUT2D eigenvalue weighted by Gasteiger charge is -2.13. The third-order valence-corrected chi connectivity index (χ3v) is 3.46. The van der Waals surface area contributed by atoms with Crippen LogP contribution in [0.1, 0.15) is 21.5 Å². The van der Waals surface area contributed by atoms with Crippen LogP contribution in [0.4, 0.5) is 11.5 Å². The number of benzene rings is 1. The van der Waals surface area contributed by atoms with Crippen molar-refractivity contribution in [3.8, 4) is 0 Å². The molecule has 21 heavy (non-hydrogen) atoms. The fraction of sp³-hybridized carbons (Fsp3) is 0.250. The fourth-order valence-corrected chi connectivity index (χ4v) is 2.07. The molecule has 0 spiro atoms. The Morgan fingerprint density at radius 2 is 1.86 bits per heavy atom. The smallest absolute Gasteiger partial charge is 0.255 e. The topological polar surface area (TPSA) is 45.2 Å². The number of nitrogens with zero attached hydrogens (tertiary/aromatic N) is 2. The van der Waals surface area contributed by atoms with E-state index in [-0.39, 0.29) is 5.91 Å². The van der Waals surface area contributed by atoms with Crippen molar-refractivity contribution in [3.63, 3.8) is 0 Å². The molecule has 0 radical (unpaired) electrons. The summed E-state index contributed by atoms with van der Waals surface area (Å²) in [5.74, 6) is 0.443. The molecular weight excluding hydrogens is 286 g/mol. The van der Waals surface area contributed by atoms with Crippen LogP contribution >= 0.6 is 11.6 Å². The Labute approximate surface area is 129 Å². The van der Waals surface area contributed by atoms with Gasteiger partial charge in [-0.25, -0.2) is 4.98 Å². The van der Waals surface area contributed by atoms with Gasteiger partial charge in [0.25, 0.3) is 5.91 Å². The van der Waals surface area contributed by atoms with Gasteiger partial charge < -0.3 is 10.2 Å². The van der Waals surface area contributed by atoms with Crippen molar-refractivity contribution >= 4 is 29.0 Å². The van der Waals surface area contributed by atoms with Crippen molar-refractivity contribution in [3.05, 3.63) is 52.2 Å². The zero-order valence-corrected chi connectivity index (χ0v) is 13.3. The molecule has 4 nitrogen and oxygen atoms in total. The molecule has 0 saturated carbocycles. The Morgan fingerprint density at radius 3 is 2.48 bits per heavy atom. The van der Waals surface area contributed by atoms with Gasteiger partial charge in [-0.2, -0.15) is 0 Å². The number of pyridine rings is 1. The van der Waals surface area contributed by atoms with Crippen molar-refractivity contribution in [1.29, 1.82) is 0 Å². The number of rotatable bonds is 3. The first kappa shape index (κ1) is 15.3. The molecule has 0 bridgehead atoms. The number of hydrogen-bond donors (Lipinski definition) is 1. The molecule has 0 unspecified atom stereocenters. The van der Waals surface area contributed by atoms with Gasteiger partial charge in [-0.15, -0.1) is 0 Å². The van der Waals surface area contributed by atoms with Crippen LogP contribution in [0.5, 0.6) is 0 Å². The number of aromatic nitrogens is 1. The van der Waals surface area contributed by atoms with Crippen LogP contribution < -0.4 is 10.2 Å². The number of amides is 1. The largest absolute Gasteiger partial charge is 0.363 e. The van der Waals surface area contributed by atoms with E-state index < -0.39 is 0 Å². The molecule has 5 heteroatoms. The van der Waals surface area contributed by atoms with Gasteiger partial charge in [-0.3, -0.25) is 4.79 Å². The van der Waals surface area contributed by atoms with Crippen molar-refractivity contribution in [2.75, 3.05) is 24.3 Å². The van der Waals surface area contributed by atoms with Crippen molar-refractivity contribution < 1.29 is 4.79 Å². The van der Waals surface area contributed by atoms with E-state index in [1.807, 2.05) is 46.1 Å². The van der Waals surface area contributed by atoms with Crippen LogP contribution in [-0.2, 0) is 0 Å². The first-order chi connectivity index (χ1) is 9.86. The summed E-state index contributed by atoms with van der Waals surface area (Å²) in [6, 6.07) is 9.09. The van der Waals surface area contributed by atoms with Gasteiger partial charge in [0.2, 0.25) is 0 Å². The van der Waals surface area contributed by atoms with E-state index >= 15 is 0 Å². The normalized spacial score (nSPS) is 10.3. The van der Waals surface area contributed by atoms with Crippen molar-refractivity contribution in [2.45, 2.75) is 13.8 Å². The van der Waals surface area contributed by atoms with Crippen LogP contribution in [0.25, 0.3) is 0 Å². The van der Waals surface area contributed by atoms with E-state index in [4.69, 9.17) is 11.6 Å². The SMILES string of the molecule is Cc1ccc(NC(=O)c2cc(Cl)nc(N(C)C)c2)cc1C. The Hall–Kier alpha value is -2.07. The molecule has 1 amide bonds. The van der Waals surface area contributed by atoms with Crippen LogP contribution in [0.2, 0.25) is 5.15 Å². The lowest BCUT2D eigenvalue weighted by atomic mass is 10.1. The molecule has 0 atom stereocenters. The van der Waals surface area contributed by atoms with Gasteiger partial charge in [0, 0.05) is 25.3 Å². The molecule has 0 fully saturated rings. The fourth-order valence-electron chi connectivity index (χ4n) is 1.87. The van der Waals surface area contributed by atoms with Crippen LogP contribution in [0, 0.1) is 13.8 Å². The molecule has 110 valence electrons. The molecular formula is C16H18ClN3O. The number of aryl methyl sites for hydroxylation is 2. The van der Waals surface area contributed by atoms with E-state index in [1.165, 1.54) is 5.56 Å². The zero-order chi connectivity index (χ0) is 15.6. The first-order valence-corrected chi connectivity index (χ1v) is 6.98. The predicted octanol–water partition coefficient (Wildman–Crippen LogP) is 3.67. The Balaban J connectivity index is 2.25. The average molecular weight is 304 g/mol. The molecule has 1 heterocycles. The van der Waals surface area contributed by atoms with E-state index in [0.717, 1.165) is 11.3 Å². The zero-order valence-electron chi connectivity index (χ0n) is 12.6. The maximum absolute atomic E-state index is 12.3. The predicted molar refractivity (Wildman–Crippen MR) is 87.4 cm³/mol. The number of halogens is 1. The highest BCUT2D eigenvalue weighted by Crippen LogP contribution is 2.19. The van der Waals surface area contributed by atoms with E-state index in [9.17, 15) is 4.79 Å². The van der Waals surface area contributed by atoms with E-state index in [0.29, 0.717) is 16.5 Å². The summed E-state index contributed by atoms with van der Waals surface area (Å²) in [4.78, 5) is 18.3. The van der Waals surface area contributed by atoms with Crippen molar-refractivity contribution in [2.24, 2.45) is 0 Å². The summed E-state index contributed by atoms with van der Waals surface area (Å²) in [5, 5.41) is 3.17. The van der Waals surface area contributed by atoms with Crippen LogP contribution in [0.15, 0.2) is 30.3 Å². The molecule has 1 N–H and O–H groups in total. The lowest BCUT2D eigenvalue weighted by molar-refractivity contribution is 0.102. The summed E-state index contributed by atoms with van der Waals surface area (Å²) in [6.45, 7) is 4.05. The second kappa shape index (κ2) is 6.14. The third-order valence-electron chi connectivity index (χ3n) is 3.27. The molecule has 0 aliphatic rings. The summed E-state index contributed by atoms with van der Waals surface area (Å²) in [7, 11) is 3.70. The standard InChI is InChI=1S/C16H18ClN3O/c1-10-5-6-13(7-11(10)2)18-16(21)12-8-14(17)19-15(9-12)20(3)4/h5-9H,1-4H3,(H,18,21). The highest BCUT2D eigenvalue weighted by molar-refractivity contribution is 6.30. The lowest BCUT2D eigenvalue weighted by Crippen LogP contribution is -2.15. The Bertz CT molecular complexity index is 683.